The van der Waals surface area contributed by atoms with E-state index in [1.54, 1.807) is 0 Å². The molecule has 5 aromatic carbocycles. The second-order valence-electron chi connectivity index (χ2n) is 15.1. The first-order valence-corrected chi connectivity index (χ1v) is 24.4. The third-order valence-corrected chi connectivity index (χ3v) is 13.3. The van der Waals surface area contributed by atoms with Crippen LogP contribution in [0.1, 0.15) is 48.9 Å². The second kappa shape index (κ2) is 14.6. The number of para-hydroxylation sites is 2. The molecule has 3 nitrogen and oxygen atoms in total. The van der Waals surface area contributed by atoms with Gasteiger partial charge in [-0.15, -0.1) is 18.2 Å². The summed E-state index contributed by atoms with van der Waals surface area (Å²) >= 11 is -1.90. The molecule has 0 saturated carbocycles. The van der Waals surface area contributed by atoms with E-state index in [0.29, 0.717) is 5.41 Å². The Morgan fingerprint density at radius 1 is 0.760 bits per heavy atom. The van der Waals surface area contributed by atoms with Crippen LogP contribution in [0.4, 0.5) is 5.69 Å². The molecule has 0 spiro atoms. The van der Waals surface area contributed by atoms with E-state index in [2.05, 4.69) is 123 Å². The average Bonchev–Trinajstić information content (AvgIpc) is 3.67. The van der Waals surface area contributed by atoms with Gasteiger partial charge < -0.3 is 4.42 Å². The van der Waals surface area contributed by atoms with Gasteiger partial charge in [-0.1, -0.05) is 77.7 Å². The molecule has 5 heteroatoms. The van der Waals surface area contributed by atoms with Crippen LogP contribution in [0.25, 0.3) is 33.2 Å². The number of rotatable bonds is 5. The molecule has 2 aromatic heterocycles. The Morgan fingerprint density at radius 3 is 2.22 bits per heavy atom. The van der Waals surface area contributed by atoms with E-state index in [0.717, 1.165) is 56.6 Å². The minimum atomic E-state index is -1.90. The van der Waals surface area contributed by atoms with Gasteiger partial charge in [0, 0.05) is 31.4 Å². The molecule has 7 aromatic rings. The SMILES string of the molecule is CC(C)(C)Cc1cc(-c2[c-]cccc2)nc[c]1[Ge]([CH3])([CH3])[CH3].[Ir].[c-]1ccc2c(oc3ccccc32)c1C1=Nc2ccccc2C1c1ccccc1. The van der Waals surface area contributed by atoms with E-state index < -0.39 is 13.3 Å². The molecular formula is C45H42GeIrN2O-2. The summed E-state index contributed by atoms with van der Waals surface area (Å²) < 4.78 is 7.80. The molecule has 8 rings (SSSR count). The van der Waals surface area contributed by atoms with Crippen LogP contribution >= 0.6 is 0 Å². The zero-order valence-corrected chi connectivity index (χ0v) is 34.0. The summed E-state index contributed by atoms with van der Waals surface area (Å²) in [7, 11) is 0. The molecule has 1 atom stereocenters. The number of aromatic nitrogens is 1. The van der Waals surface area contributed by atoms with Crippen LogP contribution in [0, 0.1) is 17.5 Å². The molecule has 0 N–H and O–H groups in total. The van der Waals surface area contributed by atoms with Gasteiger partial charge in [0.25, 0.3) is 0 Å². The Morgan fingerprint density at radius 2 is 1.48 bits per heavy atom. The summed E-state index contributed by atoms with van der Waals surface area (Å²) in [5.41, 5.74) is 11.1. The fraction of sp³-hybridized carbons (Fsp3) is 0.200. The van der Waals surface area contributed by atoms with Gasteiger partial charge in [-0.25, -0.2) is 0 Å². The molecule has 1 aliphatic heterocycles. The van der Waals surface area contributed by atoms with Crippen molar-refractivity contribution in [2.24, 2.45) is 10.4 Å². The Kier molecular flexibility index (Phi) is 10.5. The van der Waals surface area contributed by atoms with E-state index in [1.165, 1.54) is 21.1 Å². The van der Waals surface area contributed by atoms with Crippen molar-refractivity contribution < 1.29 is 24.5 Å². The van der Waals surface area contributed by atoms with Crippen LogP contribution in [0.2, 0.25) is 17.3 Å². The van der Waals surface area contributed by atoms with E-state index in [9.17, 15) is 0 Å². The van der Waals surface area contributed by atoms with Crippen molar-refractivity contribution in [1.82, 2.24) is 4.98 Å². The number of fused-ring (bicyclic) bond motifs is 4. The van der Waals surface area contributed by atoms with Crippen molar-refractivity contribution >= 4 is 51.0 Å². The molecule has 0 aliphatic carbocycles. The number of hydrogen-bond donors (Lipinski definition) is 0. The zero-order valence-electron chi connectivity index (χ0n) is 29.5. The fourth-order valence-corrected chi connectivity index (χ4v) is 10.1. The summed E-state index contributed by atoms with van der Waals surface area (Å²) in [4.78, 5) is 9.75. The summed E-state index contributed by atoms with van der Waals surface area (Å²) in [5.74, 6) is 7.40. The quantitative estimate of drug-likeness (QED) is 0.128. The fourth-order valence-electron chi connectivity index (χ4n) is 6.83. The number of hydrogen-bond acceptors (Lipinski definition) is 3. The van der Waals surface area contributed by atoms with Crippen LogP contribution in [0.15, 0.2) is 137 Å². The summed E-state index contributed by atoms with van der Waals surface area (Å²) in [6.07, 6.45) is 3.24. The Labute approximate surface area is 312 Å². The molecule has 0 fully saturated rings. The maximum atomic E-state index is 6.27. The first-order valence-electron chi connectivity index (χ1n) is 17.1. The van der Waals surface area contributed by atoms with Crippen molar-refractivity contribution in [2.75, 3.05) is 0 Å². The smallest absolute Gasteiger partial charge is 0.120 e. The molecule has 0 saturated heterocycles. The van der Waals surface area contributed by atoms with Gasteiger partial charge in [0.1, 0.15) is 5.58 Å². The summed E-state index contributed by atoms with van der Waals surface area (Å²) in [6, 6.07) is 48.2. The number of benzene rings is 5. The van der Waals surface area contributed by atoms with Crippen LogP contribution in [-0.4, -0.2) is 24.0 Å². The van der Waals surface area contributed by atoms with Crippen molar-refractivity contribution in [2.45, 2.75) is 50.4 Å². The largest absolute Gasteiger partial charge is 0.501 e. The van der Waals surface area contributed by atoms with Crippen LogP contribution < -0.4 is 4.40 Å². The Bertz CT molecular complexity index is 2280. The van der Waals surface area contributed by atoms with Crippen LogP contribution in [-0.2, 0) is 26.5 Å². The predicted octanol–water partition coefficient (Wildman–Crippen LogP) is 11.3. The topological polar surface area (TPSA) is 38.4 Å². The monoisotopic (exact) mass is 893 g/mol. The van der Waals surface area contributed by atoms with Crippen molar-refractivity contribution in [3.8, 4) is 11.3 Å². The van der Waals surface area contributed by atoms with Crippen molar-refractivity contribution in [1.29, 1.82) is 0 Å². The average molecular weight is 892 g/mol. The first-order chi connectivity index (χ1) is 23.6. The van der Waals surface area contributed by atoms with Crippen molar-refractivity contribution in [3.05, 3.63) is 162 Å². The standard InChI is InChI=1S/C26H16NO.C19H26GeN.Ir/c1-2-9-17(10-3-1)24-20-12-4-6-15-22(20)27-25(24)21-14-8-13-19-18-11-5-7-16-23(18)28-26(19)21;1-19(2,3)13-16-12-18(15-10-8-7-9-11-15)21-14-17(16)20(4,5)6;/h1-13,15-16,24H;7-10,12,14H,13H2,1-6H3;/q2*-1;. The summed E-state index contributed by atoms with van der Waals surface area (Å²) in [6.45, 7) is 6.92. The molecule has 253 valence electrons. The van der Waals surface area contributed by atoms with Gasteiger partial charge in [0.05, 0.1) is 11.3 Å². The molecular weight excluding hydrogens is 849 g/mol. The van der Waals surface area contributed by atoms with Gasteiger partial charge in [-0.05, 0) is 29.0 Å². The molecule has 1 radical (unpaired) electrons. The number of furan rings is 1. The number of pyridine rings is 1. The Hall–Kier alpha value is -4.09. The van der Waals surface area contributed by atoms with Gasteiger partial charge in [-0.3, -0.25) is 4.99 Å². The van der Waals surface area contributed by atoms with Gasteiger partial charge in [0.15, 0.2) is 0 Å². The minimum Gasteiger partial charge on any atom is -0.501 e. The maximum Gasteiger partial charge on any atom is 0.120 e. The third-order valence-electron chi connectivity index (χ3n) is 8.99. The Balaban J connectivity index is 0.000000177. The zero-order chi connectivity index (χ0) is 34.2. The van der Waals surface area contributed by atoms with Crippen LogP contribution in [0.5, 0.6) is 0 Å². The molecule has 50 heavy (non-hydrogen) atoms. The maximum absolute atomic E-state index is 6.27. The number of nitrogens with zero attached hydrogens (tertiary/aromatic N) is 2. The van der Waals surface area contributed by atoms with Gasteiger partial charge in [-0.2, -0.15) is 0 Å². The second-order valence-corrected chi connectivity index (χ2v) is 25.7. The predicted molar refractivity (Wildman–Crippen MR) is 208 cm³/mol. The van der Waals surface area contributed by atoms with Gasteiger partial charge in [0.2, 0.25) is 0 Å². The van der Waals surface area contributed by atoms with Crippen LogP contribution in [0.3, 0.4) is 0 Å². The van der Waals surface area contributed by atoms with E-state index in [1.807, 2.05) is 54.6 Å². The minimum absolute atomic E-state index is 0. The van der Waals surface area contributed by atoms with Gasteiger partial charge >= 0.3 is 132 Å². The molecule has 0 amide bonds. The van der Waals surface area contributed by atoms with E-state index in [4.69, 9.17) is 14.4 Å². The summed E-state index contributed by atoms with van der Waals surface area (Å²) in [5, 5.41) is 2.23. The van der Waals surface area contributed by atoms with Crippen molar-refractivity contribution in [3.63, 3.8) is 0 Å². The van der Waals surface area contributed by atoms with E-state index >= 15 is 0 Å². The molecule has 0 bridgehead atoms. The first kappa shape index (κ1) is 35.7. The number of aliphatic imine (C=N–C) groups is 1. The molecule has 1 aliphatic rings. The normalized spacial score (nSPS) is 14.0. The molecule has 3 heterocycles. The molecule has 1 unspecified atom stereocenters. The van der Waals surface area contributed by atoms with E-state index in [-0.39, 0.29) is 26.0 Å². The third kappa shape index (κ3) is 7.49.